The summed E-state index contributed by atoms with van der Waals surface area (Å²) in [5.74, 6) is -3.77. The van der Waals surface area contributed by atoms with E-state index in [4.69, 9.17) is 15.9 Å². The molecule has 256 valence electrons. The summed E-state index contributed by atoms with van der Waals surface area (Å²) in [6.45, 7) is 11.8. The summed E-state index contributed by atoms with van der Waals surface area (Å²) in [6, 6.07) is 0.805. The average molecular weight is 667 g/mol. The van der Waals surface area contributed by atoms with Gasteiger partial charge in [0.25, 0.3) is 17.6 Å². The lowest BCUT2D eigenvalue weighted by atomic mass is 10.0. The Kier molecular flexibility index (Phi) is 11.6. The van der Waals surface area contributed by atoms with Crippen molar-refractivity contribution in [2.75, 3.05) is 11.9 Å². The van der Waals surface area contributed by atoms with Gasteiger partial charge < -0.3 is 30.0 Å². The Labute approximate surface area is 269 Å². The molecule has 1 heterocycles. The number of amides is 3. The fourth-order valence-corrected chi connectivity index (χ4v) is 4.42. The maximum absolute atomic E-state index is 13.7. The molecule has 0 spiro atoms. The second-order valence-corrected chi connectivity index (χ2v) is 12.4. The minimum Gasteiger partial charge on any atom is -0.461 e. The number of carbonyl (C=O) groups is 5. The molecule has 0 aliphatic heterocycles. The van der Waals surface area contributed by atoms with Crippen LogP contribution in [0, 0.1) is 37.9 Å². The molecule has 3 amide bonds. The molecule has 2 atom stereocenters. The summed E-state index contributed by atoms with van der Waals surface area (Å²) < 4.78 is 64.9. The van der Waals surface area contributed by atoms with Gasteiger partial charge in [0, 0.05) is 18.4 Å². The zero-order chi connectivity index (χ0) is 36.2. The number of ether oxygens (including phenoxy) is 2. The third kappa shape index (κ3) is 9.57. The van der Waals surface area contributed by atoms with Crippen LogP contribution in [0.4, 0.5) is 28.0 Å². The third-order valence-electron chi connectivity index (χ3n) is 6.91. The number of carbonyl (C=O) groups excluding carboxylic acids is 5. The number of ketones is 1. The van der Waals surface area contributed by atoms with Crippen molar-refractivity contribution in [3.63, 3.8) is 0 Å². The highest BCUT2D eigenvalue weighted by atomic mass is 19.4. The van der Waals surface area contributed by atoms with Gasteiger partial charge in [-0.25, -0.2) is 14.0 Å². The Morgan fingerprint density at radius 3 is 2.15 bits per heavy atom. The van der Waals surface area contributed by atoms with Gasteiger partial charge in [-0.2, -0.15) is 13.2 Å². The number of halogens is 4. The van der Waals surface area contributed by atoms with Crippen LogP contribution in [-0.2, 0) is 32.3 Å². The summed E-state index contributed by atoms with van der Waals surface area (Å²) in [5, 5.41) is 7.04. The lowest BCUT2D eigenvalue weighted by Gasteiger charge is -2.27. The second kappa shape index (κ2) is 14.3. The Morgan fingerprint density at radius 1 is 1.04 bits per heavy atom. The summed E-state index contributed by atoms with van der Waals surface area (Å²) in [4.78, 5) is 64.6. The van der Waals surface area contributed by atoms with Gasteiger partial charge in [-0.15, -0.1) is 6.42 Å². The molecule has 2 rings (SSSR count). The number of alkyl halides is 3. The van der Waals surface area contributed by atoms with Crippen molar-refractivity contribution in [2.45, 2.75) is 78.7 Å². The van der Waals surface area contributed by atoms with Gasteiger partial charge in [0.2, 0.25) is 0 Å². The van der Waals surface area contributed by atoms with Crippen LogP contribution in [0.1, 0.15) is 79.2 Å². The quantitative estimate of drug-likeness (QED) is 0.108. The Morgan fingerprint density at radius 2 is 1.64 bits per heavy atom. The first kappa shape index (κ1) is 38.3. The number of rotatable bonds is 10. The molecule has 1 unspecified atom stereocenters. The number of hydrogen-bond donors (Lipinski definition) is 3. The first-order chi connectivity index (χ1) is 21.4. The average Bonchev–Trinajstić information content (AvgIpc) is 3.16. The molecule has 0 saturated carbocycles. The number of aromatic nitrogens is 1. The molecule has 0 bridgehead atoms. The topological polar surface area (TPSA) is 145 Å². The Balaban J connectivity index is 2.23. The highest BCUT2D eigenvalue weighted by Gasteiger charge is 2.36. The van der Waals surface area contributed by atoms with Crippen molar-refractivity contribution in [3.8, 4) is 12.3 Å². The number of hydrogen-bond acceptors (Lipinski definition) is 7. The fourth-order valence-electron chi connectivity index (χ4n) is 4.42. The van der Waals surface area contributed by atoms with Crippen LogP contribution in [-0.4, -0.2) is 58.0 Å². The molecule has 0 aliphatic carbocycles. The van der Waals surface area contributed by atoms with Crippen LogP contribution in [0.25, 0.3) is 0 Å². The minimum absolute atomic E-state index is 0.0302. The molecule has 0 aliphatic rings. The van der Waals surface area contributed by atoms with E-state index in [9.17, 15) is 41.5 Å². The number of esters is 1. The van der Waals surface area contributed by atoms with Gasteiger partial charge in [-0.1, -0.05) is 19.8 Å². The Bertz CT molecular complexity index is 1620. The molecule has 15 heteroatoms. The standard InChI is InChI=1S/C32H38F4N4O7/c1-11-31(9,15-46-28(44)23(16(2)3)38-29(45)47-30(6,7)8)39-27(43)25(41)22-17(4)24(40(10)18(22)5)26(42)37-19-12-13-21(33)20(14-19)32(34,35)36/h1,12-14,16,23H,15H2,2-10H3,(H,37,42)(H,38,45)(H,39,43)/t23-,31?/m0/s1. The van der Waals surface area contributed by atoms with E-state index in [0.29, 0.717) is 12.1 Å². The molecule has 2 aromatic rings. The van der Waals surface area contributed by atoms with Gasteiger partial charge in [-0.05, 0) is 71.2 Å². The molecule has 1 aromatic heterocycles. The van der Waals surface area contributed by atoms with Crippen LogP contribution in [0.5, 0.6) is 0 Å². The zero-order valence-corrected chi connectivity index (χ0v) is 27.5. The van der Waals surface area contributed by atoms with Crippen LogP contribution in [0.2, 0.25) is 0 Å². The van der Waals surface area contributed by atoms with Gasteiger partial charge in [0.15, 0.2) is 0 Å². The summed E-state index contributed by atoms with van der Waals surface area (Å²) >= 11 is 0. The van der Waals surface area contributed by atoms with Crippen LogP contribution < -0.4 is 16.0 Å². The van der Waals surface area contributed by atoms with E-state index < -0.39 is 76.9 Å². The second-order valence-electron chi connectivity index (χ2n) is 12.4. The lowest BCUT2D eigenvalue weighted by molar-refractivity contribution is -0.149. The predicted octanol–water partition coefficient (Wildman–Crippen LogP) is 4.84. The van der Waals surface area contributed by atoms with Crippen molar-refractivity contribution in [1.29, 1.82) is 0 Å². The number of anilines is 1. The molecule has 3 N–H and O–H groups in total. The van der Waals surface area contributed by atoms with E-state index in [1.165, 1.54) is 32.4 Å². The van der Waals surface area contributed by atoms with E-state index in [0.717, 1.165) is 6.07 Å². The fraction of sp³-hybridized carbons (Fsp3) is 0.469. The number of alkyl carbamates (subject to hydrolysis) is 1. The first-order valence-corrected chi connectivity index (χ1v) is 14.3. The van der Waals surface area contributed by atoms with E-state index in [2.05, 4.69) is 21.9 Å². The van der Waals surface area contributed by atoms with Gasteiger partial charge >= 0.3 is 18.2 Å². The van der Waals surface area contributed by atoms with E-state index in [-0.39, 0.29) is 28.2 Å². The zero-order valence-electron chi connectivity index (χ0n) is 27.5. The molecule has 47 heavy (non-hydrogen) atoms. The van der Waals surface area contributed by atoms with Crippen molar-refractivity contribution in [3.05, 3.63) is 52.1 Å². The lowest BCUT2D eigenvalue weighted by Crippen LogP contribution is -2.53. The van der Waals surface area contributed by atoms with Crippen molar-refractivity contribution in [1.82, 2.24) is 15.2 Å². The maximum Gasteiger partial charge on any atom is 0.419 e. The van der Waals surface area contributed by atoms with E-state index in [1.807, 2.05) is 0 Å². The molecule has 0 fully saturated rings. The first-order valence-electron chi connectivity index (χ1n) is 14.3. The van der Waals surface area contributed by atoms with Gasteiger partial charge in [-0.3, -0.25) is 14.4 Å². The highest BCUT2D eigenvalue weighted by Crippen LogP contribution is 2.33. The van der Waals surface area contributed by atoms with Crippen LogP contribution >= 0.6 is 0 Å². The molecule has 1 aromatic carbocycles. The molecular weight excluding hydrogens is 628 g/mol. The summed E-state index contributed by atoms with van der Waals surface area (Å²) in [7, 11) is 1.40. The number of terminal acetylenes is 1. The SMILES string of the molecule is C#CC(C)(COC(=O)[C@@H](NC(=O)OC(C)(C)C)C(C)C)NC(=O)C(=O)c1c(C)c(C(=O)Nc2ccc(F)c(C(F)(F)F)c2)n(C)c1C. The summed E-state index contributed by atoms with van der Waals surface area (Å²) in [6.07, 6.45) is -0.250. The molecule has 11 nitrogen and oxygen atoms in total. The molecular formula is C32H38F4N4O7. The number of nitrogens with one attached hydrogen (secondary N) is 3. The normalized spacial score (nSPS) is 13.6. The molecule has 0 radical (unpaired) electrons. The number of nitrogens with zero attached hydrogens (tertiary/aromatic N) is 1. The van der Waals surface area contributed by atoms with E-state index in [1.54, 1.807) is 34.6 Å². The monoisotopic (exact) mass is 666 g/mol. The van der Waals surface area contributed by atoms with Crippen molar-refractivity contribution < 1.29 is 51.0 Å². The highest BCUT2D eigenvalue weighted by molar-refractivity contribution is 6.44. The largest absolute Gasteiger partial charge is 0.461 e. The van der Waals surface area contributed by atoms with Crippen LogP contribution in [0.3, 0.4) is 0 Å². The summed E-state index contributed by atoms with van der Waals surface area (Å²) in [5.41, 5.74) is -4.57. The van der Waals surface area contributed by atoms with Gasteiger partial charge in [0.05, 0.1) is 11.1 Å². The predicted molar refractivity (Wildman–Crippen MR) is 163 cm³/mol. The van der Waals surface area contributed by atoms with Crippen LogP contribution in [0.15, 0.2) is 18.2 Å². The molecule has 0 saturated heterocycles. The van der Waals surface area contributed by atoms with Crippen molar-refractivity contribution in [2.24, 2.45) is 13.0 Å². The Hall–Kier alpha value is -4.87. The van der Waals surface area contributed by atoms with E-state index >= 15 is 0 Å². The minimum atomic E-state index is -5.01. The number of Topliss-reactive ketones (excluding diaryl/α,β-unsaturated/α-hetero) is 1. The van der Waals surface area contributed by atoms with Gasteiger partial charge in [0.1, 0.15) is 35.3 Å². The smallest absolute Gasteiger partial charge is 0.419 e. The maximum atomic E-state index is 13.7. The number of benzene rings is 1. The van der Waals surface area contributed by atoms with Crippen molar-refractivity contribution >= 4 is 35.3 Å². The third-order valence-corrected chi connectivity index (χ3v) is 6.91.